The highest BCUT2D eigenvalue weighted by Gasteiger charge is 2.28. The molecule has 2 aromatic carbocycles. The van der Waals surface area contributed by atoms with Crippen molar-refractivity contribution in [2.24, 2.45) is 0 Å². The summed E-state index contributed by atoms with van der Waals surface area (Å²) in [7, 11) is -3.70. The molecule has 30 heavy (non-hydrogen) atoms. The molecule has 0 unspecified atom stereocenters. The molecule has 160 valence electrons. The van der Waals surface area contributed by atoms with Crippen molar-refractivity contribution in [1.82, 2.24) is 4.31 Å². The van der Waals surface area contributed by atoms with Crippen molar-refractivity contribution < 1.29 is 27.5 Å². The molecule has 1 aliphatic heterocycles. The first-order valence-corrected chi connectivity index (χ1v) is 11.4. The standard InChI is InChI=1S/C20H21BrN2O6S/c1-14-5-6-17(12-18(14)30(26,27)23-7-9-28-10-8-23)22-19(24)13-29-20(25)15-3-2-4-16(21)11-15/h2-6,11-12H,7-10,13H2,1H3,(H,22,24). The second kappa shape index (κ2) is 9.69. The van der Waals surface area contributed by atoms with Gasteiger partial charge < -0.3 is 14.8 Å². The number of hydrogen-bond acceptors (Lipinski definition) is 6. The fourth-order valence-electron chi connectivity index (χ4n) is 2.91. The van der Waals surface area contributed by atoms with Crippen molar-refractivity contribution in [3.05, 3.63) is 58.1 Å². The third-order valence-electron chi connectivity index (χ3n) is 4.45. The summed E-state index contributed by atoms with van der Waals surface area (Å²) >= 11 is 3.27. The largest absolute Gasteiger partial charge is 0.452 e. The Labute approximate surface area is 183 Å². The Morgan fingerprint density at radius 2 is 1.90 bits per heavy atom. The van der Waals surface area contributed by atoms with Gasteiger partial charge in [-0.15, -0.1) is 0 Å². The number of amides is 1. The number of morpholine rings is 1. The first-order chi connectivity index (χ1) is 14.3. The van der Waals surface area contributed by atoms with Gasteiger partial charge in [-0.25, -0.2) is 13.2 Å². The molecule has 10 heteroatoms. The summed E-state index contributed by atoms with van der Waals surface area (Å²) in [6, 6.07) is 11.2. The van der Waals surface area contributed by atoms with Gasteiger partial charge in [0, 0.05) is 23.2 Å². The molecule has 1 amide bonds. The van der Waals surface area contributed by atoms with Crippen LogP contribution >= 0.6 is 15.9 Å². The molecule has 2 aromatic rings. The highest BCUT2D eigenvalue weighted by molar-refractivity contribution is 9.10. The van der Waals surface area contributed by atoms with Gasteiger partial charge in [0.25, 0.3) is 5.91 Å². The average molecular weight is 497 g/mol. The fraction of sp³-hybridized carbons (Fsp3) is 0.300. The van der Waals surface area contributed by atoms with Crippen LogP contribution in [0.1, 0.15) is 15.9 Å². The van der Waals surface area contributed by atoms with Gasteiger partial charge in [-0.1, -0.05) is 28.1 Å². The van der Waals surface area contributed by atoms with Crippen LogP contribution in [0, 0.1) is 6.92 Å². The quantitative estimate of drug-likeness (QED) is 0.616. The van der Waals surface area contributed by atoms with Gasteiger partial charge in [-0.3, -0.25) is 4.79 Å². The maximum atomic E-state index is 12.9. The number of nitrogens with zero attached hydrogens (tertiary/aromatic N) is 1. The molecule has 1 heterocycles. The van der Waals surface area contributed by atoms with Gasteiger partial charge in [-0.05, 0) is 42.8 Å². The normalized spacial score (nSPS) is 14.9. The smallest absolute Gasteiger partial charge is 0.338 e. The summed E-state index contributed by atoms with van der Waals surface area (Å²) in [6.07, 6.45) is 0. The van der Waals surface area contributed by atoms with E-state index in [4.69, 9.17) is 9.47 Å². The summed E-state index contributed by atoms with van der Waals surface area (Å²) in [5, 5.41) is 2.57. The Hall–Kier alpha value is -2.27. The fourth-order valence-corrected chi connectivity index (χ4v) is 4.97. The zero-order valence-electron chi connectivity index (χ0n) is 16.3. The number of carbonyl (C=O) groups excluding carboxylic acids is 2. The van der Waals surface area contributed by atoms with E-state index in [1.165, 1.54) is 10.4 Å². The van der Waals surface area contributed by atoms with Crippen LogP contribution in [-0.2, 0) is 24.3 Å². The predicted molar refractivity (Wildman–Crippen MR) is 114 cm³/mol. The van der Waals surface area contributed by atoms with Crippen molar-refractivity contribution in [3.8, 4) is 0 Å². The molecule has 1 fully saturated rings. The van der Waals surface area contributed by atoms with Crippen molar-refractivity contribution in [2.45, 2.75) is 11.8 Å². The molecule has 1 N–H and O–H groups in total. The lowest BCUT2D eigenvalue weighted by molar-refractivity contribution is -0.119. The van der Waals surface area contributed by atoms with E-state index >= 15 is 0 Å². The molecule has 0 spiro atoms. The maximum Gasteiger partial charge on any atom is 0.338 e. The first kappa shape index (κ1) is 22.4. The second-order valence-corrected chi connectivity index (χ2v) is 9.45. The molecule has 0 saturated carbocycles. The minimum Gasteiger partial charge on any atom is -0.452 e. The van der Waals surface area contributed by atoms with Crippen LogP contribution in [-0.4, -0.2) is 57.5 Å². The van der Waals surface area contributed by atoms with Gasteiger partial charge in [0.2, 0.25) is 10.0 Å². The number of anilines is 1. The van der Waals surface area contributed by atoms with Crippen LogP contribution in [0.25, 0.3) is 0 Å². The van der Waals surface area contributed by atoms with Crippen LogP contribution in [0.3, 0.4) is 0 Å². The molecule has 8 nitrogen and oxygen atoms in total. The summed E-state index contributed by atoms with van der Waals surface area (Å²) in [4.78, 5) is 24.3. The monoisotopic (exact) mass is 496 g/mol. The summed E-state index contributed by atoms with van der Waals surface area (Å²) in [5.74, 6) is -1.21. The van der Waals surface area contributed by atoms with Gasteiger partial charge in [-0.2, -0.15) is 4.31 Å². The highest BCUT2D eigenvalue weighted by Crippen LogP contribution is 2.24. The SMILES string of the molecule is Cc1ccc(NC(=O)COC(=O)c2cccc(Br)c2)cc1S(=O)(=O)N1CCOCC1. The highest BCUT2D eigenvalue weighted by atomic mass is 79.9. The Kier molecular flexibility index (Phi) is 7.24. The number of halogens is 1. The molecular weight excluding hydrogens is 476 g/mol. The van der Waals surface area contributed by atoms with E-state index in [0.717, 1.165) is 4.47 Å². The third-order valence-corrected chi connectivity index (χ3v) is 6.99. The molecule has 0 bridgehead atoms. The number of ether oxygens (including phenoxy) is 2. The molecule has 0 atom stereocenters. The maximum absolute atomic E-state index is 12.9. The lowest BCUT2D eigenvalue weighted by Crippen LogP contribution is -2.40. The average Bonchev–Trinajstić information content (AvgIpc) is 2.74. The number of sulfonamides is 1. The zero-order valence-corrected chi connectivity index (χ0v) is 18.7. The summed E-state index contributed by atoms with van der Waals surface area (Å²) in [5.41, 5.74) is 1.18. The third kappa shape index (κ3) is 5.45. The van der Waals surface area contributed by atoms with Crippen LogP contribution in [0.4, 0.5) is 5.69 Å². The number of aryl methyl sites for hydroxylation is 1. The van der Waals surface area contributed by atoms with E-state index in [1.807, 2.05) is 0 Å². The number of nitrogens with one attached hydrogen (secondary N) is 1. The predicted octanol–water partition coefficient (Wildman–Crippen LogP) is 2.57. The van der Waals surface area contributed by atoms with Crippen LogP contribution in [0.2, 0.25) is 0 Å². The first-order valence-electron chi connectivity index (χ1n) is 9.18. The number of rotatable bonds is 6. The number of esters is 1. The lowest BCUT2D eigenvalue weighted by Gasteiger charge is -2.26. The summed E-state index contributed by atoms with van der Waals surface area (Å²) < 4.78 is 38.2. The van der Waals surface area contributed by atoms with E-state index < -0.39 is 28.5 Å². The van der Waals surface area contributed by atoms with Crippen LogP contribution < -0.4 is 5.32 Å². The molecule has 1 saturated heterocycles. The van der Waals surface area contributed by atoms with E-state index in [-0.39, 0.29) is 18.0 Å². The van der Waals surface area contributed by atoms with Crippen molar-refractivity contribution in [2.75, 3.05) is 38.2 Å². The molecule has 3 rings (SSSR count). The van der Waals surface area contributed by atoms with E-state index in [1.54, 1.807) is 43.3 Å². The van der Waals surface area contributed by atoms with E-state index in [0.29, 0.717) is 30.0 Å². The van der Waals surface area contributed by atoms with Crippen LogP contribution in [0.5, 0.6) is 0 Å². The second-order valence-electron chi connectivity index (χ2n) is 6.63. The minimum atomic E-state index is -3.70. The molecule has 1 aliphatic rings. The molecular formula is C20H21BrN2O6S. The number of carbonyl (C=O) groups is 2. The van der Waals surface area contributed by atoms with Gasteiger partial charge in [0.15, 0.2) is 6.61 Å². The number of hydrogen-bond donors (Lipinski definition) is 1. The van der Waals surface area contributed by atoms with Gasteiger partial charge in [0.05, 0.1) is 23.7 Å². The molecule has 0 aromatic heterocycles. The minimum absolute atomic E-state index is 0.119. The molecule has 0 radical (unpaired) electrons. The zero-order chi connectivity index (χ0) is 21.7. The Morgan fingerprint density at radius 1 is 1.17 bits per heavy atom. The summed E-state index contributed by atoms with van der Waals surface area (Å²) in [6.45, 7) is 2.45. The lowest BCUT2D eigenvalue weighted by atomic mass is 10.2. The van der Waals surface area contributed by atoms with E-state index in [2.05, 4.69) is 21.2 Å². The Morgan fingerprint density at radius 3 is 2.60 bits per heavy atom. The Balaban J connectivity index is 1.66. The van der Waals surface area contributed by atoms with Gasteiger partial charge >= 0.3 is 5.97 Å². The topological polar surface area (TPSA) is 102 Å². The van der Waals surface area contributed by atoms with Crippen molar-refractivity contribution in [1.29, 1.82) is 0 Å². The Bertz CT molecular complexity index is 1050. The molecule has 0 aliphatic carbocycles. The van der Waals surface area contributed by atoms with Crippen molar-refractivity contribution in [3.63, 3.8) is 0 Å². The van der Waals surface area contributed by atoms with E-state index in [9.17, 15) is 18.0 Å². The van der Waals surface area contributed by atoms with Crippen LogP contribution in [0.15, 0.2) is 51.8 Å². The van der Waals surface area contributed by atoms with Crippen molar-refractivity contribution >= 4 is 43.5 Å². The number of benzene rings is 2. The van der Waals surface area contributed by atoms with Gasteiger partial charge in [0.1, 0.15) is 0 Å².